The van der Waals surface area contributed by atoms with Crippen LogP contribution in [0, 0.1) is 5.92 Å². The second-order valence-electron chi connectivity index (χ2n) is 4.18. The Morgan fingerprint density at radius 2 is 2.07 bits per heavy atom. The lowest BCUT2D eigenvalue weighted by Crippen LogP contribution is -2.43. The van der Waals surface area contributed by atoms with E-state index in [2.05, 4.69) is 5.32 Å². The smallest absolute Gasteiger partial charge is 0.307 e. The molecule has 88 valence electrons. The van der Waals surface area contributed by atoms with E-state index in [1.807, 2.05) is 0 Å². The standard InChI is InChI=1S/C9H17NO4S/c1-6(9(11)12)7(2)10-8-3-4-15(13,14)5-8/h6-8,10H,3-5H2,1-2H3,(H,11,12). The number of hydrogen-bond acceptors (Lipinski definition) is 4. The van der Waals surface area contributed by atoms with Gasteiger partial charge in [-0.15, -0.1) is 0 Å². The first-order valence-corrected chi connectivity index (χ1v) is 6.83. The zero-order valence-corrected chi connectivity index (χ0v) is 9.75. The van der Waals surface area contributed by atoms with Crippen LogP contribution in [0.3, 0.4) is 0 Å². The molecule has 1 fully saturated rings. The van der Waals surface area contributed by atoms with E-state index >= 15 is 0 Å². The normalized spacial score (nSPS) is 28.5. The van der Waals surface area contributed by atoms with Crippen molar-refractivity contribution < 1.29 is 18.3 Å². The maximum Gasteiger partial charge on any atom is 0.307 e. The molecule has 0 saturated carbocycles. The van der Waals surface area contributed by atoms with E-state index in [4.69, 9.17) is 5.11 Å². The van der Waals surface area contributed by atoms with Gasteiger partial charge in [-0.25, -0.2) is 8.42 Å². The molecule has 0 spiro atoms. The molecule has 6 heteroatoms. The molecule has 1 saturated heterocycles. The highest BCUT2D eigenvalue weighted by atomic mass is 32.2. The summed E-state index contributed by atoms with van der Waals surface area (Å²) in [6.45, 7) is 3.38. The number of carboxylic acid groups (broad SMARTS) is 1. The van der Waals surface area contributed by atoms with Crippen molar-refractivity contribution in [1.82, 2.24) is 5.32 Å². The average molecular weight is 235 g/mol. The van der Waals surface area contributed by atoms with Crippen LogP contribution in [0.25, 0.3) is 0 Å². The number of aliphatic carboxylic acids is 1. The van der Waals surface area contributed by atoms with Crippen molar-refractivity contribution >= 4 is 15.8 Å². The number of sulfone groups is 1. The van der Waals surface area contributed by atoms with Crippen LogP contribution in [0.4, 0.5) is 0 Å². The van der Waals surface area contributed by atoms with Gasteiger partial charge < -0.3 is 10.4 Å². The predicted octanol–water partition coefficient (Wildman–Crippen LogP) is -0.128. The molecule has 2 N–H and O–H groups in total. The molecule has 1 aliphatic rings. The molecule has 0 aromatic rings. The van der Waals surface area contributed by atoms with Gasteiger partial charge >= 0.3 is 5.97 Å². The molecule has 3 unspecified atom stereocenters. The third-order valence-electron chi connectivity index (χ3n) is 2.87. The maximum atomic E-state index is 11.2. The van der Waals surface area contributed by atoms with E-state index in [0.29, 0.717) is 6.42 Å². The minimum absolute atomic E-state index is 0.0909. The Kier molecular flexibility index (Phi) is 3.72. The van der Waals surface area contributed by atoms with E-state index < -0.39 is 21.7 Å². The Bertz CT molecular complexity index is 338. The van der Waals surface area contributed by atoms with Gasteiger partial charge in [-0.3, -0.25) is 4.79 Å². The van der Waals surface area contributed by atoms with E-state index in [1.165, 1.54) is 0 Å². The largest absolute Gasteiger partial charge is 0.481 e. The Hall–Kier alpha value is -0.620. The van der Waals surface area contributed by atoms with Gasteiger partial charge in [-0.2, -0.15) is 0 Å². The van der Waals surface area contributed by atoms with Gasteiger partial charge in [0.15, 0.2) is 9.84 Å². The minimum Gasteiger partial charge on any atom is -0.481 e. The molecule has 3 atom stereocenters. The van der Waals surface area contributed by atoms with Gasteiger partial charge in [0.1, 0.15) is 0 Å². The summed E-state index contributed by atoms with van der Waals surface area (Å²) in [5, 5.41) is 11.8. The summed E-state index contributed by atoms with van der Waals surface area (Å²) in [5.74, 6) is -1.04. The van der Waals surface area contributed by atoms with Crippen molar-refractivity contribution in [2.45, 2.75) is 32.4 Å². The first-order chi connectivity index (χ1) is 6.82. The molecule has 0 aliphatic carbocycles. The van der Waals surface area contributed by atoms with Crippen molar-refractivity contribution in [3.63, 3.8) is 0 Å². The van der Waals surface area contributed by atoms with Gasteiger partial charge in [-0.05, 0) is 13.3 Å². The molecule has 0 aromatic heterocycles. The highest BCUT2D eigenvalue weighted by molar-refractivity contribution is 7.91. The zero-order chi connectivity index (χ0) is 11.6. The Labute approximate surface area is 89.8 Å². The molecule has 1 rings (SSSR count). The number of hydrogen-bond donors (Lipinski definition) is 2. The molecule has 5 nitrogen and oxygen atoms in total. The van der Waals surface area contributed by atoms with E-state index in [-0.39, 0.29) is 23.6 Å². The van der Waals surface area contributed by atoms with Gasteiger partial charge in [0.25, 0.3) is 0 Å². The summed E-state index contributed by atoms with van der Waals surface area (Å²) >= 11 is 0. The average Bonchev–Trinajstić information content (AvgIpc) is 2.43. The number of carboxylic acids is 1. The Morgan fingerprint density at radius 1 is 1.47 bits per heavy atom. The van der Waals surface area contributed by atoms with Crippen molar-refractivity contribution in [3.05, 3.63) is 0 Å². The maximum absolute atomic E-state index is 11.2. The summed E-state index contributed by atoms with van der Waals surface area (Å²) in [5.41, 5.74) is 0. The SMILES string of the molecule is CC(NC1CCS(=O)(=O)C1)C(C)C(=O)O. The molecule has 1 aliphatic heterocycles. The molecule has 0 aromatic carbocycles. The van der Waals surface area contributed by atoms with Gasteiger partial charge in [0.2, 0.25) is 0 Å². The van der Waals surface area contributed by atoms with E-state index in [9.17, 15) is 13.2 Å². The highest BCUT2D eigenvalue weighted by Gasteiger charge is 2.30. The predicted molar refractivity (Wildman–Crippen MR) is 56.5 cm³/mol. The third kappa shape index (κ3) is 3.46. The second kappa shape index (κ2) is 4.49. The zero-order valence-electron chi connectivity index (χ0n) is 8.93. The number of carbonyl (C=O) groups is 1. The molecule has 0 amide bonds. The van der Waals surface area contributed by atoms with Crippen molar-refractivity contribution in [2.75, 3.05) is 11.5 Å². The fraction of sp³-hybridized carbons (Fsp3) is 0.889. The van der Waals surface area contributed by atoms with Crippen LogP contribution in [0.15, 0.2) is 0 Å². The number of rotatable bonds is 4. The van der Waals surface area contributed by atoms with Crippen LogP contribution in [-0.4, -0.2) is 43.1 Å². The highest BCUT2D eigenvalue weighted by Crippen LogP contribution is 2.13. The monoisotopic (exact) mass is 235 g/mol. The molecular formula is C9H17NO4S. The second-order valence-corrected chi connectivity index (χ2v) is 6.41. The minimum atomic E-state index is -2.90. The Balaban J connectivity index is 2.47. The van der Waals surface area contributed by atoms with Crippen LogP contribution in [-0.2, 0) is 14.6 Å². The summed E-state index contributed by atoms with van der Waals surface area (Å²) < 4.78 is 22.3. The van der Waals surface area contributed by atoms with Crippen LogP contribution in [0.2, 0.25) is 0 Å². The molecule has 0 bridgehead atoms. The lowest BCUT2D eigenvalue weighted by atomic mass is 10.0. The topological polar surface area (TPSA) is 83.5 Å². The van der Waals surface area contributed by atoms with E-state index in [0.717, 1.165) is 0 Å². The van der Waals surface area contributed by atoms with E-state index in [1.54, 1.807) is 13.8 Å². The summed E-state index contributed by atoms with van der Waals surface area (Å²) in [4.78, 5) is 10.7. The lowest BCUT2D eigenvalue weighted by molar-refractivity contribution is -0.142. The van der Waals surface area contributed by atoms with Crippen LogP contribution < -0.4 is 5.32 Å². The first kappa shape index (κ1) is 12.4. The van der Waals surface area contributed by atoms with Crippen LogP contribution in [0.5, 0.6) is 0 Å². The van der Waals surface area contributed by atoms with Gasteiger partial charge in [-0.1, -0.05) is 6.92 Å². The fourth-order valence-electron chi connectivity index (χ4n) is 1.66. The van der Waals surface area contributed by atoms with Gasteiger partial charge in [0.05, 0.1) is 17.4 Å². The molecule has 1 heterocycles. The quantitative estimate of drug-likeness (QED) is 0.709. The van der Waals surface area contributed by atoms with Crippen molar-refractivity contribution in [2.24, 2.45) is 5.92 Å². The number of nitrogens with one attached hydrogen (secondary N) is 1. The first-order valence-electron chi connectivity index (χ1n) is 5.01. The summed E-state index contributed by atoms with van der Waals surface area (Å²) in [6, 6.07) is -0.299. The van der Waals surface area contributed by atoms with Crippen LogP contribution >= 0.6 is 0 Å². The summed E-state index contributed by atoms with van der Waals surface area (Å²) in [6.07, 6.45) is 0.582. The fourth-order valence-corrected chi connectivity index (χ4v) is 3.34. The van der Waals surface area contributed by atoms with Crippen molar-refractivity contribution in [1.29, 1.82) is 0 Å². The third-order valence-corrected chi connectivity index (χ3v) is 4.64. The van der Waals surface area contributed by atoms with Gasteiger partial charge in [0, 0.05) is 12.1 Å². The molecular weight excluding hydrogens is 218 g/mol. The van der Waals surface area contributed by atoms with Crippen molar-refractivity contribution in [3.8, 4) is 0 Å². The lowest BCUT2D eigenvalue weighted by Gasteiger charge is -2.21. The summed E-state index contributed by atoms with van der Waals surface area (Å²) in [7, 11) is -2.90. The molecule has 0 radical (unpaired) electrons. The Morgan fingerprint density at radius 3 is 2.47 bits per heavy atom. The molecule has 15 heavy (non-hydrogen) atoms. The van der Waals surface area contributed by atoms with Crippen LogP contribution in [0.1, 0.15) is 20.3 Å².